The summed E-state index contributed by atoms with van der Waals surface area (Å²) in [4.78, 5) is 0. The Bertz CT molecular complexity index is 529. The molecule has 2 heteroatoms. The summed E-state index contributed by atoms with van der Waals surface area (Å²) in [6.45, 7) is 0. The number of hydrogen-bond acceptors (Lipinski definition) is 2. The van der Waals surface area contributed by atoms with Crippen molar-refractivity contribution in [3.05, 3.63) is 60.2 Å². The third-order valence-electron chi connectivity index (χ3n) is 3.71. The summed E-state index contributed by atoms with van der Waals surface area (Å²) in [7, 11) is 0. The zero-order valence-electron chi connectivity index (χ0n) is 10.2. The van der Waals surface area contributed by atoms with Crippen LogP contribution in [0.25, 0.3) is 11.1 Å². The van der Waals surface area contributed by atoms with Crippen LogP contribution in [0.15, 0.2) is 54.6 Å². The topological polar surface area (TPSA) is 46.2 Å². The summed E-state index contributed by atoms with van der Waals surface area (Å²) >= 11 is 0. The van der Waals surface area contributed by atoms with E-state index in [4.69, 9.17) is 5.73 Å². The van der Waals surface area contributed by atoms with Crippen LogP contribution in [0.5, 0.6) is 0 Å². The molecule has 1 fully saturated rings. The minimum absolute atomic E-state index is 0.381. The first kappa shape index (κ1) is 11.5. The molecular weight excluding hydrogens is 222 g/mol. The smallest absolute Gasteiger partial charge is 0.0969 e. The molecule has 0 heterocycles. The van der Waals surface area contributed by atoms with Gasteiger partial charge in [0.1, 0.15) is 0 Å². The van der Waals surface area contributed by atoms with Gasteiger partial charge in [-0.1, -0.05) is 54.6 Å². The Balaban J connectivity index is 1.85. The molecule has 0 aromatic heterocycles. The van der Waals surface area contributed by atoms with Gasteiger partial charge in [-0.25, -0.2) is 0 Å². The average molecular weight is 239 g/mol. The molecule has 0 radical (unpaired) electrons. The third kappa shape index (κ3) is 2.05. The highest BCUT2D eigenvalue weighted by Crippen LogP contribution is 2.43. The normalized spacial score (nSPS) is 18.3. The lowest BCUT2D eigenvalue weighted by Gasteiger charge is -2.18. The molecule has 92 valence electrons. The Morgan fingerprint density at radius 3 is 2.00 bits per heavy atom. The van der Waals surface area contributed by atoms with Gasteiger partial charge in [0.2, 0.25) is 0 Å². The molecule has 0 spiro atoms. The van der Waals surface area contributed by atoms with Crippen molar-refractivity contribution in [3.63, 3.8) is 0 Å². The average Bonchev–Trinajstić information content (AvgIpc) is 3.18. The molecule has 3 N–H and O–H groups in total. The highest BCUT2D eigenvalue weighted by molar-refractivity contribution is 5.63. The van der Waals surface area contributed by atoms with E-state index in [1.165, 1.54) is 5.56 Å². The van der Waals surface area contributed by atoms with Crippen LogP contribution in [0, 0.1) is 0 Å². The van der Waals surface area contributed by atoms with Gasteiger partial charge in [-0.2, -0.15) is 0 Å². The molecular formula is C16H17NO. The molecule has 2 nitrogen and oxygen atoms in total. The fourth-order valence-electron chi connectivity index (χ4n) is 2.24. The molecule has 1 unspecified atom stereocenters. The van der Waals surface area contributed by atoms with Crippen molar-refractivity contribution in [3.8, 4) is 11.1 Å². The van der Waals surface area contributed by atoms with Gasteiger partial charge in [-0.15, -0.1) is 0 Å². The first-order valence-corrected chi connectivity index (χ1v) is 6.31. The predicted molar refractivity (Wildman–Crippen MR) is 73.0 cm³/mol. The maximum atomic E-state index is 10.2. The molecule has 1 atom stereocenters. The van der Waals surface area contributed by atoms with E-state index in [0.717, 1.165) is 24.0 Å². The van der Waals surface area contributed by atoms with Crippen LogP contribution < -0.4 is 5.73 Å². The second-order valence-electron chi connectivity index (χ2n) is 5.12. The van der Waals surface area contributed by atoms with Crippen LogP contribution >= 0.6 is 0 Å². The monoisotopic (exact) mass is 239 g/mol. The number of aliphatic hydroxyl groups is 1. The Hall–Kier alpha value is -1.64. The second kappa shape index (κ2) is 4.23. The van der Waals surface area contributed by atoms with Gasteiger partial charge >= 0.3 is 0 Å². The van der Waals surface area contributed by atoms with Crippen molar-refractivity contribution in [2.45, 2.75) is 24.5 Å². The van der Waals surface area contributed by atoms with E-state index in [0.29, 0.717) is 0 Å². The van der Waals surface area contributed by atoms with Crippen LogP contribution in [0.2, 0.25) is 0 Å². The van der Waals surface area contributed by atoms with Gasteiger partial charge in [0, 0.05) is 5.54 Å². The highest BCUT2D eigenvalue weighted by Gasteiger charge is 2.45. The molecule has 18 heavy (non-hydrogen) atoms. The van der Waals surface area contributed by atoms with E-state index in [1.54, 1.807) is 0 Å². The van der Waals surface area contributed by atoms with Crippen LogP contribution in [0.4, 0.5) is 0 Å². The Labute approximate surface area is 107 Å². The van der Waals surface area contributed by atoms with Crippen LogP contribution in [0.1, 0.15) is 24.5 Å². The number of rotatable bonds is 3. The van der Waals surface area contributed by atoms with Gasteiger partial charge in [0.05, 0.1) is 6.10 Å². The summed E-state index contributed by atoms with van der Waals surface area (Å²) in [5.41, 5.74) is 8.90. The van der Waals surface area contributed by atoms with Gasteiger partial charge < -0.3 is 10.8 Å². The van der Waals surface area contributed by atoms with Crippen molar-refractivity contribution < 1.29 is 5.11 Å². The number of benzene rings is 2. The summed E-state index contributed by atoms with van der Waals surface area (Å²) in [6.07, 6.45) is 1.28. The van der Waals surface area contributed by atoms with Crippen molar-refractivity contribution in [2.24, 2.45) is 5.73 Å². The highest BCUT2D eigenvalue weighted by atomic mass is 16.3. The first-order chi connectivity index (χ1) is 8.69. The number of aliphatic hydroxyl groups excluding tert-OH is 1. The third-order valence-corrected chi connectivity index (χ3v) is 3.71. The van der Waals surface area contributed by atoms with E-state index >= 15 is 0 Å². The summed E-state index contributed by atoms with van der Waals surface area (Å²) in [5, 5.41) is 10.2. The first-order valence-electron chi connectivity index (χ1n) is 6.31. The van der Waals surface area contributed by atoms with E-state index < -0.39 is 6.10 Å². The van der Waals surface area contributed by atoms with E-state index in [9.17, 15) is 5.11 Å². The summed E-state index contributed by atoms with van der Waals surface area (Å²) in [5.74, 6) is 0. The maximum absolute atomic E-state index is 10.2. The lowest BCUT2D eigenvalue weighted by molar-refractivity contribution is 0.136. The minimum Gasteiger partial charge on any atom is -0.386 e. The maximum Gasteiger partial charge on any atom is 0.0969 e. The molecule has 2 aromatic carbocycles. The van der Waals surface area contributed by atoms with E-state index in [2.05, 4.69) is 12.1 Å². The molecule has 0 saturated heterocycles. The van der Waals surface area contributed by atoms with Gasteiger partial charge in [0.15, 0.2) is 0 Å². The molecule has 1 aliphatic rings. The SMILES string of the molecule is NC1(C(O)c2ccc(-c3ccccc3)cc2)CC1. The molecule has 1 saturated carbocycles. The zero-order chi connectivity index (χ0) is 12.6. The fraction of sp³-hybridized carbons (Fsp3) is 0.250. The number of nitrogens with two attached hydrogens (primary N) is 1. The Kier molecular flexibility index (Phi) is 2.69. The van der Waals surface area contributed by atoms with Gasteiger partial charge in [-0.3, -0.25) is 0 Å². The van der Waals surface area contributed by atoms with Gasteiger partial charge in [0.25, 0.3) is 0 Å². The van der Waals surface area contributed by atoms with Crippen LogP contribution in [0.3, 0.4) is 0 Å². The van der Waals surface area contributed by atoms with Crippen molar-refractivity contribution in [1.82, 2.24) is 0 Å². The summed E-state index contributed by atoms with van der Waals surface area (Å²) in [6, 6.07) is 18.2. The van der Waals surface area contributed by atoms with Crippen molar-refractivity contribution in [2.75, 3.05) is 0 Å². The van der Waals surface area contributed by atoms with E-state index in [-0.39, 0.29) is 5.54 Å². The predicted octanol–water partition coefficient (Wildman–Crippen LogP) is 2.88. The number of hydrogen-bond donors (Lipinski definition) is 2. The standard InChI is InChI=1S/C16H17NO/c17-16(10-11-16)15(18)14-8-6-13(7-9-14)12-4-2-1-3-5-12/h1-9,15,18H,10-11,17H2. The second-order valence-corrected chi connectivity index (χ2v) is 5.12. The molecule has 0 amide bonds. The molecule has 2 aromatic rings. The van der Waals surface area contributed by atoms with Crippen LogP contribution in [-0.2, 0) is 0 Å². The Morgan fingerprint density at radius 2 is 1.44 bits per heavy atom. The Morgan fingerprint density at radius 1 is 0.889 bits per heavy atom. The van der Waals surface area contributed by atoms with E-state index in [1.807, 2.05) is 42.5 Å². The van der Waals surface area contributed by atoms with Gasteiger partial charge in [-0.05, 0) is 29.5 Å². The molecule has 0 bridgehead atoms. The zero-order valence-corrected chi connectivity index (χ0v) is 10.2. The fourth-order valence-corrected chi connectivity index (χ4v) is 2.24. The quantitative estimate of drug-likeness (QED) is 0.865. The van der Waals surface area contributed by atoms with Crippen LogP contribution in [-0.4, -0.2) is 10.6 Å². The molecule has 1 aliphatic carbocycles. The lowest BCUT2D eigenvalue weighted by atomic mass is 9.98. The molecule has 3 rings (SSSR count). The summed E-state index contributed by atoms with van der Waals surface area (Å²) < 4.78 is 0. The van der Waals surface area contributed by atoms with Crippen molar-refractivity contribution in [1.29, 1.82) is 0 Å². The minimum atomic E-state index is -0.540. The lowest BCUT2D eigenvalue weighted by Crippen LogP contribution is -2.30. The van der Waals surface area contributed by atoms with Crippen molar-refractivity contribution >= 4 is 0 Å². The largest absolute Gasteiger partial charge is 0.386 e. The molecule has 0 aliphatic heterocycles.